The van der Waals surface area contributed by atoms with Crippen molar-refractivity contribution < 1.29 is 22.7 Å². The lowest BCUT2D eigenvalue weighted by Crippen LogP contribution is -2.42. The van der Waals surface area contributed by atoms with Crippen LogP contribution < -0.4 is 0 Å². The fourth-order valence-electron chi connectivity index (χ4n) is 3.07. The first-order valence-electron chi connectivity index (χ1n) is 7.16. The number of amides is 1. The summed E-state index contributed by atoms with van der Waals surface area (Å²) in [5, 5.41) is 0. The van der Waals surface area contributed by atoms with Gasteiger partial charge in [-0.1, -0.05) is 0 Å². The summed E-state index contributed by atoms with van der Waals surface area (Å²) in [4.78, 5) is 15.9. The number of ether oxygens (including phenoxy) is 1. The molecule has 0 radical (unpaired) electrons. The minimum absolute atomic E-state index is 0.0291. The second-order valence-electron chi connectivity index (χ2n) is 5.90. The van der Waals surface area contributed by atoms with E-state index in [1.165, 1.54) is 0 Å². The van der Waals surface area contributed by atoms with E-state index in [2.05, 4.69) is 0 Å². The number of hydrogen-bond donors (Lipinski definition) is 0. The first-order valence-corrected chi connectivity index (χ1v) is 7.16. The topological polar surface area (TPSA) is 32.8 Å². The summed E-state index contributed by atoms with van der Waals surface area (Å²) in [6.07, 6.45) is 0. The monoisotopic (exact) mass is 314 g/mol. The summed E-state index contributed by atoms with van der Waals surface area (Å²) in [7, 11) is 1.75. The van der Waals surface area contributed by atoms with Crippen LogP contribution in [0.2, 0.25) is 0 Å². The van der Waals surface area contributed by atoms with E-state index in [4.69, 9.17) is 4.74 Å². The van der Waals surface area contributed by atoms with Gasteiger partial charge in [-0.2, -0.15) is 0 Å². The molecule has 1 aromatic rings. The Morgan fingerprint density at radius 1 is 1.18 bits per heavy atom. The SMILES string of the molecule is CN1C(=O)[C@H]2COC[C@@H]1CN(Cc1cc(F)c(F)c(F)c1)C2. The normalized spacial score (nSPS) is 26.2. The van der Waals surface area contributed by atoms with Crippen molar-refractivity contribution in [3.05, 3.63) is 35.1 Å². The number of fused-ring (bicyclic) bond motifs is 3. The minimum atomic E-state index is -1.46. The maximum Gasteiger partial charge on any atom is 0.229 e. The smallest absolute Gasteiger partial charge is 0.229 e. The number of nitrogens with zero attached hydrogens (tertiary/aromatic N) is 2. The maximum atomic E-state index is 13.3. The zero-order valence-corrected chi connectivity index (χ0v) is 12.2. The van der Waals surface area contributed by atoms with Crippen molar-refractivity contribution in [2.75, 3.05) is 33.4 Å². The lowest BCUT2D eigenvalue weighted by Gasteiger charge is -2.29. The lowest BCUT2D eigenvalue weighted by molar-refractivity contribution is -0.133. The fourth-order valence-corrected chi connectivity index (χ4v) is 3.07. The van der Waals surface area contributed by atoms with E-state index in [0.717, 1.165) is 12.1 Å². The number of hydrogen-bond acceptors (Lipinski definition) is 3. The molecular formula is C15H17F3N2O2. The summed E-state index contributed by atoms with van der Waals surface area (Å²) in [5.41, 5.74) is 0.354. The molecule has 2 aliphatic heterocycles. The van der Waals surface area contributed by atoms with Gasteiger partial charge in [-0.05, 0) is 17.7 Å². The summed E-state index contributed by atoms with van der Waals surface area (Å²) in [6.45, 7) is 2.07. The third-order valence-electron chi connectivity index (χ3n) is 4.27. The molecule has 0 unspecified atom stereocenters. The van der Waals surface area contributed by atoms with Gasteiger partial charge in [0.1, 0.15) is 0 Å². The Balaban J connectivity index is 1.80. The molecule has 2 bridgehead atoms. The fraction of sp³-hybridized carbons (Fsp3) is 0.533. The van der Waals surface area contributed by atoms with Crippen LogP contribution in [-0.2, 0) is 16.1 Å². The van der Waals surface area contributed by atoms with Gasteiger partial charge in [0.15, 0.2) is 17.5 Å². The molecule has 2 heterocycles. The molecule has 4 nitrogen and oxygen atoms in total. The average molecular weight is 314 g/mol. The van der Waals surface area contributed by atoms with Crippen molar-refractivity contribution in [1.29, 1.82) is 0 Å². The maximum absolute atomic E-state index is 13.3. The number of benzene rings is 1. The molecule has 1 amide bonds. The van der Waals surface area contributed by atoms with Crippen molar-refractivity contribution in [2.45, 2.75) is 12.6 Å². The van der Waals surface area contributed by atoms with E-state index in [9.17, 15) is 18.0 Å². The van der Waals surface area contributed by atoms with Gasteiger partial charge in [-0.3, -0.25) is 9.69 Å². The predicted octanol–water partition coefficient (Wildman–Crippen LogP) is 1.39. The third kappa shape index (κ3) is 2.83. The highest BCUT2D eigenvalue weighted by molar-refractivity contribution is 5.79. The molecule has 22 heavy (non-hydrogen) atoms. The Morgan fingerprint density at radius 3 is 2.55 bits per heavy atom. The Hall–Kier alpha value is -1.60. The van der Waals surface area contributed by atoms with Gasteiger partial charge in [-0.25, -0.2) is 13.2 Å². The zero-order chi connectivity index (χ0) is 15.9. The molecule has 0 aliphatic carbocycles. The largest absolute Gasteiger partial charge is 0.378 e. The first kappa shape index (κ1) is 15.3. The van der Waals surface area contributed by atoms with E-state index in [1.807, 2.05) is 4.90 Å². The molecular weight excluding hydrogens is 297 g/mol. The van der Waals surface area contributed by atoms with Gasteiger partial charge in [0.25, 0.3) is 0 Å². The molecule has 2 saturated heterocycles. The number of rotatable bonds is 2. The van der Waals surface area contributed by atoms with Gasteiger partial charge >= 0.3 is 0 Å². The van der Waals surface area contributed by atoms with E-state index < -0.39 is 17.5 Å². The molecule has 0 saturated carbocycles. The van der Waals surface area contributed by atoms with Crippen LogP contribution in [0, 0.1) is 23.4 Å². The third-order valence-corrected chi connectivity index (χ3v) is 4.27. The molecule has 1 aromatic carbocycles. The molecule has 2 aliphatic rings. The van der Waals surface area contributed by atoms with Gasteiger partial charge in [-0.15, -0.1) is 0 Å². The molecule has 3 rings (SSSR count). The van der Waals surface area contributed by atoms with Gasteiger partial charge in [0, 0.05) is 26.7 Å². The van der Waals surface area contributed by atoms with Crippen molar-refractivity contribution in [2.24, 2.45) is 5.92 Å². The van der Waals surface area contributed by atoms with Gasteiger partial charge in [0.05, 0.1) is 25.2 Å². The van der Waals surface area contributed by atoms with Crippen LogP contribution in [0.1, 0.15) is 5.56 Å². The van der Waals surface area contributed by atoms with E-state index >= 15 is 0 Å². The average Bonchev–Trinajstić information content (AvgIpc) is 2.63. The summed E-state index contributed by atoms with van der Waals surface area (Å²) in [6, 6.07) is 1.91. The van der Waals surface area contributed by atoms with Crippen LogP contribution in [0.4, 0.5) is 13.2 Å². The zero-order valence-electron chi connectivity index (χ0n) is 12.2. The number of carbonyl (C=O) groups excluding carboxylic acids is 1. The summed E-state index contributed by atoms with van der Waals surface area (Å²) < 4.78 is 45.1. The highest BCUT2D eigenvalue weighted by atomic mass is 19.2. The van der Waals surface area contributed by atoms with Crippen molar-refractivity contribution >= 4 is 5.91 Å². The van der Waals surface area contributed by atoms with Crippen LogP contribution in [0.3, 0.4) is 0 Å². The van der Waals surface area contributed by atoms with Crippen LogP contribution in [0.25, 0.3) is 0 Å². The van der Waals surface area contributed by atoms with Crippen LogP contribution >= 0.6 is 0 Å². The Labute approximate surface area is 126 Å². The highest BCUT2D eigenvalue weighted by Gasteiger charge is 2.37. The first-order chi connectivity index (χ1) is 10.5. The minimum Gasteiger partial charge on any atom is -0.378 e. The van der Waals surface area contributed by atoms with E-state index in [0.29, 0.717) is 31.9 Å². The van der Waals surface area contributed by atoms with E-state index in [-0.39, 0.29) is 24.4 Å². The lowest BCUT2D eigenvalue weighted by atomic mass is 10.1. The quantitative estimate of drug-likeness (QED) is 0.774. The molecule has 7 heteroatoms. The summed E-state index contributed by atoms with van der Waals surface area (Å²) in [5.74, 6) is -4.10. The second kappa shape index (κ2) is 5.89. The number of likely N-dealkylation sites (N-methyl/N-ethyl adjacent to an activating group) is 1. The summed E-state index contributed by atoms with van der Waals surface area (Å²) >= 11 is 0. The van der Waals surface area contributed by atoms with E-state index in [1.54, 1.807) is 11.9 Å². The van der Waals surface area contributed by atoms with Crippen molar-refractivity contribution in [3.8, 4) is 0 Å². The Morgan fingerprint density at radius 2 is 1.86 bits per heavy atom. The molecule has 2 fully saturated rings. The molecule has 0 N–H and O–H groups in total. The standard InChI is InChI=1S/C15H17F3N2O2/c1-19-11-6-20(5-10(15(19)21)7-22-8-11)4-9-2-12(16)14(18)13(17)3-9/h2-3,10-11H,4-8H2,1H3/t10-,11+/m1/s1. The Bertz CT molecular complexity index is 573. The van der Waals surface area contributed by atoms with Crippen LogP contribution in [-0.4, -0.2) is 55.1 Å². The van der Waals surface area contributed by atoms with Gasteiger partial charge in [0.2, 0.25) is 5.91 Å². The predicted molar refractivity (Wildman–Crippen MR) is 72.5 cm³/mol. The molecule has 0 spiro atoms. The second-order valence-corrected chi connectivity index (χ2v) is 5.90. The number of carbonyl (C=O) groups is 1. The highest BCUT2D eigenvalue weighted by Crippen LogP contribution is 2.22. The Kier molecular flexibility index (Phi) is 4.10. The van der Waals surface area contributed by atoms with Crippen LogP contribution in [0.15, 0.2) is 12.1 Å². The molecule has 2 atom stereocenters. The number of halogens is 3. The van der Waals surface area contributed by atoms with Gasteiger partial charge < -0.3 is 9.64 Å². The van der Waals surface area contributed by atoms with Crippen molar-refractivity contribution in [3.63, 3.8) is 0 Å². The van der Waals surface area contributed by atoms with Crippen molar-refractivity contribution in [1.82, 2.24) is 9.80 Å². The molecule has 120 valence electrons. The molecule has 0 aromatic heterocycles. The van der Waals surface area contributed by atoms with Crippen LogP contribution in [0.5, 0.6) is 0 Å².